The molecule has 0 aliphatic carbocycles. The van der Waals surface area contributed by atoms with E-state index in [1.165, 1.54) is 0 Å². The molecule has 1 aliphatic rings. The van der Waals surface area contributed by atoms with E-state index in [2.05, 4.69) is 42.5 Å². The number of urea groups is 1. The maximum atomic E-state index is 13.9. The number of aliphatic carboxylic acids is 7. The van der Waals surface area contributed by atoms with Crippen molar-refractivity contribution in [2.45, 2.75) is 172 Å². The van der Waals surface area contributed by atoms with Crippen molar-refractivity contribution in [1.29, 1.82) is 0 Å². The molecule has 100 heavy (non-hydrogen) atoms. The van der Waals surface area contributed by atoms with Crippen LogP contribution in [0.25, 0.3) is 0 Å². The van der Waals surface area contributed by atoms with E-state index in [0.717, 1.165) is 46.8 Å². The molecule has 1 saturated heterocycles. The number of carboxylic acids is 7. The van der Waals surface area contributed by atoms with Gasteiger partial charge in [-0.3, -0.25) is 62.8 Å². The number of halogens is 1. The van der Waals surface area contributed by atoms with Crippen LogP contribution in [0.4, 0.5) is 4.79 Å². The largest absolute Gasteiger partial charge is 0.481 e. The van der Waals surface area contributed by atoms with Crippen molar-refractivity contribution in [2.24, 2.45) is 5.92 Å². The van der Waals surface area contributed by atoms with E-state index >= 15 is 0 Å². The zero-order chi connectivity index (χ0) is 74.2. The Morgan fingerprint density at radius 3 is 1.54 bits per heavy atom. The molecule has 1 unspecified atom stereocenters. The molecule has 1 aliphatic heterocycles. The first-order chi connectivity index (χ1) is 47.7. The molecule has 4 amide bonds. The Balaban J connectivity index is 0.0000111. The van der Waals surface area contributed by atoms with Gasteiger partial charge in [0.25, 0.3) is 0 Å². The number of hydrogen-bond acceptors (Lipinski definition) is 19. The van der Waals surface area contributed by atoms with Gasteiger partial charge in [0.2, 0.25) is 11.8 Å². The second-order valence-corrected chi connectivity index (χ2v) is 26.2. The predicted molar refractivity (Wildman–Crippen MR) is 371 cm³/mol. The second-order valence-electron chi connectivity index (χ2n) is 24.8. The molecule has 4 atom stereocenters. The first-order valence-electron chi connectivity index (χ1n) is 33.8. The molecule has 2 aromatic carbocycles. The van der Waals surface area contributed by atoms with Crippen LogP contribution < -0.4 is 26.6 Å². The number of carbonyl (C=O) groups excluding carboxylic acids is 7. The van der Waals surface area contributed by atoms with Crippen LogP contribution in [0.15, 0.2) is 53.0 Å². The van der Waals surface area contributed by atoms with Gasteiger partial charge in [0.15, 0.2) is 0 Å². The summed E-state index contributed by atoms with van der Waals surface area (Å²) in [6.07, 6.45) is 9.32. The SMILES string of the molecule is O=C(O)CCCNC(=O)N[C@@H](CCC(=O)CCCCCCCCC(=O)C[C@@H](CCCCNC(=S)Cc1ccc(CC2CN(CC(=O)O)CCN(CC(=O)O)CCN(CC(=O)O)CCN2CC(=O)O)cc1)C(=O)N[C@@H](CCCCNC(=O)CCCc1ccc(Br)cc1)C(=O)O)C(=O)O.O=C=O. The normalized spacial score (nSPS) is 14.9. The molecule has 2 aromatic rings. The molecule has 556 valence electrons. The maximum absolute atomic E-state index is 13.9. The van der Waals surface area contributed by atoms with Crippen LogP contribution in [0.3, 0.4) is 0 Å². The fraction of sp³-hybridized carbons (Fsp3) is 0.618. The number of ketones is 2. The zero-order valence-electron chi connectivity index (χ0n) is 56.7. The topological polar surface area (TPSA) is 454 Å². The third kappa shape index (κ3) is 43.4. The number of carboxylic acid groups (broad SMARTS) is 7. The van der Waals surface area contributed by atoms with Gasteiger partial charge in [-0.15, -0.1) is 0 Å². The first-order valence-corrected chi connectivity index (χ1v) is 35.1. The van der Waals surface area contributed by atoms with Crippen LogP contribution in [0.2, 0.25) is 0 Å². The number of unbranched alkanes of at least 4 members (excludes halogenated alkanes) is 7. The van der Waals surface area contributed by atoms with E-state index in [9.17, 15) is 88.2 Å². The van der Waals surface area contributed by atoms with Crippen LogP contribution in [0.1, 0.15) is 152 Å². The summed E-state index contributed by atoms with van der Waals surface area (Å²) >= 11 is 9.13. The summed E-state index contributed by atoms with van der Waals surface area (Å²) in [6, 6.07) is 11.6. The summed E-state index contributed by atoms with van der Waals surface area (Å²) in [5.41, 5.74) is 2.79. The third-order valence-electron chi connectivity index (χ3n) is 16.5. The molecular formula is C68H100BrN9O21S. The molecule has 30 nitrogen and oxygen atoms in total. The van der Waals surface area contributed by atoms with E-state index in [1.807, 2.05) is 48.5 Å². The van der Waals surface area contributed by atoms with Gasteiger partial charge in [0, 0.05) is 127 Å². The fourth-order valence-corrected chi connectivity index (χ4v) is 11.8. The number of Topliss-reactive ketones (excluding diaryl/α,β-unsaturated/α-hetero) is 2. The average molecular weight is 1490 g/mol. The van der Waals surface area contributed by atoms with E-state index in [0.29, 0.717) is 88.7 Å². The summed E-state index contributed by atoms with van der Waals surface area (Å²) in [7, 11) is 0. The first kappa shape index (κ1) is 88.0. The standard InChI is InChI=1S/C67H100BrN9O19S.CO2/c68-51-26-24-47(25-27-51)13-11-18-57(80)69-30-10-8-17-55(65(92)93)72-64(91)50(41-54(79)16-6-4-2-1-3-5-15-53(78)28-29-56(66(94)95)73-67(96)71-32-12-19-59(81)82)14-7-9-31-70-58(97)40-49-22-20-48(21-23-49)39-52-42-76(45-62(87)88)36-35-74(43-60(83)84)33-34-75(44-61(85)86)37-38-77(52)46-63(89)90;2-1-3/h20-27,50,52,55-56H,1-19,28-46H2,(H,69,80)(H,70,97)(H,72,91)(H,81,82)(H,83,84)(H,85,86)(H,87,88)(H,89,90)(H,92,93)(H,94,95)(H2,71,73,96);/t50-,52?,55+,56+;/m1./s1. The molecular weight excluding hydrogens is 1390 g/mol. The lowest BCUT2D eigenvalue weighted by Crippen LogP contribution is -2.53. The zero-order valence-corrected chi connectivity index (χ0v) is 59.1. The number of carbonyl (C=O) groups is 12. The molecule has 0 saturated carbocycles. The van der Waals surface area contributed by atoms with Crippen LogP contribution in [0, 0.1) is 5.92 Å². The van der Waals surface area contributed by atoms with Crippen LogP contribution in [-0.4, -0.2) is 247 Å². The highest BCUT2D eigenvalue weighted by Crippen LogP contribution is 2.20. The lowest BCUT2D eigenvalue weighted by atomic mass is 9.92. The van der Waals surface area contributed by atoms with Crippen molar-refractivity contribution in [1.82, 2.24) is 46.2 Å². The minimum atomic E-state index is -1.30. The summed E-state index contributed by atoms with van der Waals surface area (Å²) < 4.78 is 0.971. The third-order valence-corrected chi connectivity index (χ3v) is 17.4. The van der Waals surface area contributed by atoms with Crippen molar-refractivity contribution < 1.29 is 103 Å². The highest BCUT2D eigenvalue weighted by molar-refractivity contribution is 9.10. The summed E-state index contributed by atoms with van der Waals surface area (Å²) in [5, 5.41) is 81.0. The van der Waals surface area contributed by atoms with Gasteiger partial charge in [0.05, 0.1) is 31.2 Å². The van der Waals surface area contributed by atoms with Crippen LogP contribution in [-0.2, 0) is 81.6 Å². The highest BCUT2D eigenvalue weighted by Gasteiger charge is 2.30. The Morgan fingerprint density at radius 2 is 0.970 bits per heavy atom. The molecule has 0 aromatic heterocycles. The number of amides is 4. The molecule has 0 bridgehead atoms. The number of aryl methyl sites for hydroxylation is 1. The summed E-state index contributed by atoms with van der Waals surface area (Å²) in [5.74, 6) is -9.73. The number of rotatable bonds is 49. The quantitative estimate of drug-likeness (QED) is 0.0320. The molecule has 3 rings (SSSR count). The number of benzene rings is 2. The minimum Gasteiger partial charge on any atom is -0.481 e. The van der Waals surface area contributed by atoms with Crippen molar-refractivity contribution in [2.75, 3.05) is 91.6 Å². The van der Waals surface area contributed by atoms with Crippen molar-refractivity contribution >= 4 is 110 Å². The predicted octanol–water partition coefficient (Wildman–Crippen LogP) is 4.51. The lowest BCUT2D eigenvalue weighted by Gasteiger charge is -2.37. The fourth-order valence-electron chi connectivity index (χ4n) is 11.2. The molecule has 32 heteroatoms. The van der Waals surface area contributed by atoms with Gasteiger partial charge in [-0.1, -0.05) is 96.7 Å². The van der Waals surface area contributed by atoms with E-state index < -0.39 is 84.3 Å². The van der Waals surface area contributed by atoms with Crippen LogP contribution in [0.5, 0.6) is 0 Å². The molecule has 0 radical (unpaired) electrons. The Kier molecular flexibility index (Phi) is 45.7. The number of nitrogens with one attached hydrogen (secondary N) is 5. The van der Waals surface area contributed by atoms with Gasteiger partial charge < -0.3 is 62.3 Å². The Hall–Kier alpha value is -8.13. The summed E-state index contributed by atoms with van der Waals surface area (Å²) in [6.45, 7) is 0.466. The minimum absolute atomic E-state index is 0.0436. The molecule has 1 heterocycles. The van der Waals surface area contributed by atoms with E-state index in [4.69, 9.17) is 26.9 Å². The highest BCUT2D eigenvalue weighted by atomic mass is 79.9. The van der Waals surface area contributed by atoms with Crippen molar-refractivity contribution in [3.63, 3.8) is 0 Å². The lowest BCUT2D eigenvalue weighted by molar-refractivity contribution is -0.192. The monoisotopic (exact) mass is 1490 g/mol. The van der Waals surface area contributed by atoms with Gasteiger partial charge in [0.1, 0.15) is 23.7 Å². The molecule has 1 fully saturated rings. The molecule has 0 spiro atoms. The van der Waals surface area contributed by atoms with E-state index in [-0.39, 0.29) is 153 Å². The van der Waals surface area contributed by atoms with Gasteiger partial charge in [-0.25, -0.2) is 14.4 Å². The van der Waals surface area contributed by atoms with Gasteiger partial charge in [-0.05, 0) is 106 Å². The number of nitrogens with zero attached hydrogens (tertiary/aromatic N) is 4. The number of thiocarbonyl (C=S) groups is 1. The van der Waals surface area contributed by atoms with E-state index in [1.54, 1.807) is 19.6 Å². The Bertz CT molecular complexity index is 2960. The van der Waals surface area contributed by atoms with Crippen LogP contribution >= 0.6 is 28.1 Å². The van der Waals surface area contributed by atoms with Gasteiger partial charge in [-0.2, -0.15) is 9.59 Å². The summed E-state index contributed by atoms with van der Waals surface area (Å²) in [4.78, 5) is 171. The Morgan fingerprint density at radius 1 is 0.480 bits per heavy atom. The Labute approximate surface area is 596 Å². The van der Waals surface area contributed by atoms with Crippen molar-refractivity contribution in [3.05, 3.63) is 69.7 Å². The molecule has 12 N–H and O–H groups in total. The van der Waals surface area contributed by atoms with Crippen molar-refractivity contribution in [3.8, 4) is 0 Å². The van der Waals surface area contributed by atoms with Gasteiger partial charge >= 0.3 is 54.0 Å². The second kappa shape index (κ2) is 51.9. The average Bonchev–Trinajstić information content (AvgIpc) is 0.859. The smallest absolute Gasteiger partial charge is 0.373 e. The number of hydrogen-bond donors (Lipinski definition) is 12. The maximum Gasteiger partial charge on any atom is 0.373 e.